The molecular weight excluding hydrogens is 224 g/mol. The molecule has 100 valence electrons. The predicted octanol–water partition coefficient (Wildman–Crippen LogP) is 2.71. The summed E-state index contributed by atoms with van der Waals surface area (Å²) in [6.45, 7) is 9.04. The van der Waals surface area contributed by atoms with Crippen molar-refractivity contribution in [2.75, 3.05) is 30.4 Å². The van der Waals surface area contributed by atoms with Gasteiger partial charge < -0.3 is 10.2 Å². The second kappa shape index (κ2) is 5.12. The summed E-state index contributed by atoms with van der Waals surface area (Å²) in [7, 11) is 1.93. The average molecular weight is 248 g/mol. The van der Waals surface area contributed by atoms with Gasteiger partial charge >= 0.3 is 0 Å². The summed E-state index contributed by atoms with van der Waals surface area (Å²) in [4.78, 5) is 11.3. The van der Waals surface area contributed by atoms with Gasteiger partial charge in [-0.1, -0.05) is 27.2 Å². The molecule has 2 heterocycles. The Morgan fingerprint density at radius 3 is 2.72 bits per heavy atom. The lowest BCUT2D eigenvalue weighted by Gasteiger charge is -2.23. The van der Waals surface area contributed by atoms with Crippen molar-refractivity contribution in [1.82, 2.24) is 9.97 Å². The van der Waals surface area contributed by atoms with E-state index in [9.17, 15) is 0 Å². The first kappa shape index (κ1) is 13.1. The summed E-state index contributed by atoms with van der Waals surface area (Å²) < 4.78 is 0. The van der Waals surface area contributed by atoms with Crippen LogP contribution in [0.25, 0.3) is 0 Å². The second-order valence-electron chi connectivity index (χ2n) is 5.86. The van der Waals surface area contributed by atoms with Crippen LogP contribution in [0, 0.1) is 5.41 Å². The van der Waals surface area contributed by atoms with Crippen LogP contribution in [0.2, 0.25) is 0 Å². The maximum Gasteiger partial charge on any atom is 0.137 e. The van der Waals surface area contributed by atoms with Gasteiger partial charge in [0.25, 0.3) is 0 Å². The van der Waals surface area contributed by atoms with Crippen LogP contribution in [-0.4, -0.2) is 30.1 Å². The third-order valence-electron chi connectivity index (χ3n) is 3.64. The number of hydrogen-bond donors (Lipinski definition) is 1. The van der Waals surface area contributed by atoms with E-state index in [4.69, 9.17) is 0 Å². The molecule has 1 N–H and O–H groups in total. The Labute approximate surface area is 110 Å². The lowest BCUT2D eigenvalue weighted by atomic mass is 9.93. The Bertz CT molecular complexity index is 414. The van der Waals surface area contributed by atoms with Crippen molar-refractivity contribution in [3.63, 3.8) is 0 Å². The number of nitrogens with one attached hydrogen (secondary N) is 1. The third kappa shape index (κ3) is 2.57. The SMILES string of the molecule is CCCc1c(NC)ncnc1N1CCC(C)(C)C1. The molecule has 1 saturated heterocycles. The van der Waals surface area contributed by atoms with Crippen molar-refractivity contribution in [2.24, 2.45) is 5.41 Å². The number of anilines is 2. The van der Waals surface area contributed by atoms with Crippen LogP contribution in [0.3, 0.4) is 0 Å². The Hall–Kier alpha value is -1.32. The van der Waals surface area contributed by atoms with Crippen molar-refractivity contribution in [3.8, 4) is 0 Å². The monoisotopic (exact) mass is 248 g/mol. The molecule has 0 amide bonds. The molecule has 1 aliphatic rings. The van der Waals surface area contributed by atoms with Crippen LogP contribution in [0.5, 0.6) is 0 Å². The Morgan fingerprint density at radius 2 is 2.17 bits per heavy atom. The smallest absolute Gasteiger partial charge is 0.137 e. The van der Waals surface area contributed by atoms with Crippen molar-refractivity contribution in [1.29, 1.82) is 0 Å². The molecule has 0 bridgehead atoms. The Kier molecular flexibility index (Phi) is 3.73. The molecule has 1 aromatic heterocycles. The molecule has 0 saturated carbocycles. The van der Waals surface area contributed by atoms with Crippen LogP contribution in [0.1, 0.15) is 39.2 Å². The molecule has 4 nitrogen and oxygen atoms in total. The standard InChI is InChI=1S/C14H24N4/c1-5-6-11-12(15-4)16-10-17-13(11)18-8-7-14(2,3)9-18/h10H,5-9H2,1-4H3,(H,15,16,17). The summed E-state index contributed by atoms with van der Waals surface area (Å²) in [5.74, 6) is 2.10. The van der Waals surface area contributed by atoms with Gasteiger partial charge in [0.05, 0.1) is 0 Å². The van der Waals surface area contributed by atoms with Crippen LogP contribution in [-0.2, 0) is 6.42 Å². The fourth-order valence-electron chi connectivity index (χ4n) is 2.66. The minimum atomic E-state index is 0.397. The third-order valence-corrected chi connectivity index (χ3v) is 3.64. The Balaban J connectivity index is 2.32. The van der Waals surface area contributed by atoms with E-state index in [2.05, 4.69) is 41.0 Å². The molecular formula is C14H24N4. The first-order valence-corrected chi connectivity index (χ1v) is 6.84. The highest BCUT2D eigenvalue weighted by molar-refractivity contribution is 5.59. The van der Waals surface area contributed by atoms with E-state index >= 15 is 0 Å². The first-order valence-electron chi connectivity index (χ1n) is 6.84. The van der Waals surface area contributed by atoms with Crippen molar-refractivity contribution < 1.29 is 0 Å². The summed E-state index contributed by atoms with van der Waals surface area (Å²) >= 11 is 0. The van der Waals surface area contributed by atoms with Crippen LogP contribution in [0.4, 0.5) is 11.6 Å². The largest absolute Gasteiger partial charge is 0.373 e. The lowest BCUT2D eigenvalue weighted by Crippen LogP contribution is -2.25. The lowest BCUT2D eigenvalue weighted by molar-refractivity contribution is 0.418. The van der Waals surface area contributed by atoms with Crippen LogP contribution in [0.15, 0.2) is 6.33 Å². The molecule has 0 aromatic carbocycles. The van der Waals surface area contributed by atoms with Crippen molar-refractivity contribution >= 4 is 11.6 Å². The maximum atomic E-state index is 4.53. The first-order chi connectivity index (χ1) is 8.57. The summed E-state index contributed by atoms with van der Waals surface area (Å²) in [5.41, 5.74) is 1.66. The van der Waals surface area contributed by atoms with Gasteiger partial charge in [-0.3, -0.25) is 0 Å². The number of nitrogens with zero attached hydrogens (tertiary/aromatic N) is 3. The summed E-state index contributed by atoms with van der Waals surface area (Å²) in [6.07, 6.45) is 5.05. The summed E-state index contributed by atoms with van der Waals surface area (Å²) in [6, 6.07) is 0. The fourth-order valence-corrected chi connectivity index (χ4v) is 2.66. The van der Waals surface area contributed by atoms with Crippen molar-refractivity contribution in [3.05, 3.63) is 11.9 Å². The van der Waals surface area contributed by atoms with Crippen LogP contribution < -0.4 is 10.2 Å². The highest BCUT2D eigenvalue weighted by Crippen LogP contribution is 2.34. The van der Waals surface area contributed by atoms with Gasteiger partial charge in [-0.15, -0.1) is 0 Å². The van der Waals surface area contributed by atoms with Crippen molar-refractivity contribution in [2.45, 2.75) is 40.0 Å². The van der Waals surface area contributed by atoms with E-state index < -0.39 is 0 Å². The number of hydrogen-bond acceptors (Lipinski definition) is 4. The molecule has 4 heteroatoms. The van der Waals surface area contributed by atoms with E-state index in [0.717, 1.165) is 37.6 Å². The summed E-state index contributed by atoms with van der Waals surface area (Å²) in [5, 5.41) is 3.19. The minimum Gasteiger partial charge on any atom is -0.373 e. The number of rotatable bonds is 4. The molecule has 0 unspecified atom stereocenters. The predicted molar refractivity (Wildman–Crippen MR) is 76.2 cm³/mol. The molecule has 1 fully saturated rings. The molecule has 18 heavy (non-hydrogen) atoms. The molecule has 0 aliphatic carbocycles. The topological polar surface area (TPSA) is 41.1 Å². The normalized spacial score (nSPS) is 18.1. The van der Waals surface area contributed by atoms with Gasteiger partial charge in [-0.25, -0.2) is 9.97 Å². The average Bonchev–Trinajstić information content (AvgIpc) is 2.70. The zero-order valence-corrected chi connectivity index (χ0v) is 12.0. The van der Waals surface area contributed by atoms with E-state index in [1.165, 1.54) is 12.0 Å². The van der Waals surface area contributed by atoms with Gasteiger partial charge in [-0.2, -0.15) is 0 Å². The second-order valence-corrected chi connectivity index (χ2v) is 5.86. The van der Waals surface area contributed by atoms with Gasteiger partial charge in [-0.05, 0) is 18.3 Å². The number of aromatic nitrogens is 2. The van der Waals surface area contributed by atoms with E-state index in [0.29, 0.717) is 5.41 Å². The molecule has 0 spiro atoms. The quantitative estimate of drug-likeness (QED) is 0.889. The molecule has 0 radical (unpaired) electrons. The zero-order valence-electron chi connectivity index (χ0n) is 12.0. The molecule has 1 aromatic rings. The Morgan fingerprint density at radius 1 is 1.39 bits per heavy atom. The van der Waals surface area contributed by atoms with E-state index in [1.807, 2.05) is 7.05 Å². The highest BCUT2D eigenvalue weighted by Gasteiger charge is 2.31. The van der Waals surface area contributed by atoms with Gasteiger partial charge in [0.15, 0.2) is 0 Å². The molecule has 2 rings (SSSR count). The fraction of sp³-hybridized carbons (Fsp3) is 0.714. The maximum absolute atomic E-state index is 4.53. The van der Waals surface area contributed by atoms with Gasteiger partial charge in [0, 0.05) is 25.7 Å². The van der Waals surface area contributed by atoms with E-state index in [1.54, 1.807) is 6.33 Å². The molecule has 0 atom stereocenters. The highest BCUT2D eigenvalue weighted by atomic mass is 15.2. The minimum absolute atomic E-state index is 0.397. The van der Waals surface area contributed by atoms with E-state index in [-0.39, 0.29) is 0 Å². The van der Waals surface area contributed by atoms with Gasteiger partial charge in [0.1, 0.15) is 18.0 Å². The van der Waals surface area contributed by atoms with Gasteiger partial charge in [0.2, 0.25) is 0 Å². The van der Waals surface area contributed by atoms with Crippen LogP contribution >= 0.6 is 0 Å². The molecule has 1 aliphatic heterocycles. The zero-order chi connectivity index (χ0) is 13.2.